The molecule has 0 saturated carbocycles. The highest BCUT2D eigenvalue weighted by Gasteiger charge is 2.34. The summed E-state index contributed by atoms with van der Waals surface area (Å²) in [4.78, 5) is 13.2. The number of hydrogen-bond donors (Lipinski definition) is 0. The monoisotopic (exact) mass is 311 g/mol. The number of amides is 1. The van der Waals surface area contributed by atoms with Crippen LogP contribution in [0.5, 0.6) is 0 Å². The Morgan fingerprint density at radius 2 is 2.00 bits per heavy atom. The molecule has 1 unspecified atom stereocenters. The van der Waals surface area contributed by atoms with Crippen molar-refractivity contribution in [2.75, 3.05) is 13.6 Å². The minimum Gasteiger partial charge on any atom is -0.342 e. The fourth-order valence-electron chi connectivity index (χ4n) is 1.57. The van der Waals surface area contributed by atoms with Gasteiger partial charge < -0.3 is 4.90 Å². The Bertz CT molecular complexity index is 488. The topological polar surface area (TPSA) is 20.3 Å². The van der Waals surface area contributed by atoms with E-state index in [9.17, 15) is 22.4 Å². The molecule has 0 fully saturated rings. The Morgan fingerprint density at radius 1 is 1.40 bits per heavy atom. The lowest BCUT2D eigenvalue weighted by Gasteiger charge is -2.18. The first-order chi connectivity index (χ1) is 9.12. The summed E-state index contributed by atoms with van der Waals surface area (Å²) >= 11 is 5.74. The van der Waals surface area contributed by atoms with E-state index < -0.39 is 23.5 Å². The molecule has 0 aliphatic rings. The van der Waals surface area contributed by atoms with E-state index in [-0.39, 0.29) is 10.9 Å². The van der Waals surface area contributed by atoms with Gasteiger partial charge in [0.1, 0.15) is 5.82 Å². The lowest BCUT2D eigenvalue weighted by molar-refractivity contribution is -0.140. The number of halogens is 5. The van der Waals surface area contributed by atoms with Crippen LogP contribution in [-0.4, -0.2) is 29.8 Å². The van der Waals surface area contributed by atoms with E-state index in [0.717, 1.165) is 6.07 Å². The molecular formula is C13H14ClF4NO. The standard InChI is InChI=1S/C13H14ClF4NO/c1-8(14)5-6-19(2)12(20)9-3-4-11(15)10(7-9)13(16,17)18/h3-4,7-8H,5-6H2,1-2H3. The Morgan fingerprint density at radius 3 is 2.50 bits per heavy atom. The Hall–Kier alpha value is -1.30. The van der Waals surface area contributed by atoms with Crippen LogP contribution in [0.15, 0.2) is 18.2 Å². The van der Waals surface area contributed by atoms with Crippen LogP contribution in [-0.2, 0) is 6.18 Å². The quantitative estimate of drug-likeness (QED) is 0.609. The predicted octanol–water partition coefficient (Wildman–Crippen LogP) is 3.93. The smallest absolute Gasteiger partial charge is 0.342 e. The van der Waals surface area contributed by atoms with Gasteiger partial charge in [-0.05, 0) is 31.5 Å². The number of benzene rings is 1. The summed E-state index contributed by atoms with van der Waals surface area (Å²) in [6.07, 6.45) is -4.32. The molecule has 0 aliphatic heterocycles. The maximum absolute atomic E-state index is 13.1. The lowest BCUT2D eigenvalue weighted by atomic mass is 10.1. The normalized spacial score (nSPS) is 13.2. The first-order valence-electron chi connectivity index (χ1n) is 5.89. The van der Waals surface area contributed by atoms with Gasteiger partial charge in [0.05, 0.1) is 5.56 Å². The molecule has 7 heteroatoms. The van der Waals surface area contributed by atoms with Gasteiger partial charge in [-0.1, -0.05) is 0 Å². The molecule has 0 saturated heterocycles. The largest absolute Gasteiger partial charge is 0.419 e. The Kier molecular flexibility index (Phi) is 5.39. The predicted molar refractivity (Wildman–Crippen MR) is 68.3 cm³/mol. The SMILES string of the molecule is CC(Cl)CCN(C)C(=O)c1ccc(F)c(C(F)(F)F)c1. The number of rotatable bonds is 4. The third-order valence-electron chi connectivity index (χ3n) is 2.73. The maximum atomic E-state index is 13.1. The molecule has 0 bridgehead atoms. The number of alkyl halides is 4. The zero-order chi connectivity index (χ0) is 15.5. The van der Waals surface area contributed by atoms with Gasteiger partial charge in [-0.3, -0.25) is 4.79 Å². The maximum Gasteiger partial charge on any atom is 0.419 e. The fraction of sp³-hybridized carbons (Fsp3) is 0.462. The summed E-state index contributed by atoms with van der Waals surface area (Å²) < 4.78 is 50.8. The molecule has 20 heavy (non-hydrogen) atoms. The van der Waals surface area contributed by atoms with Gasteiger partial charge in [0.25, 0.3) is 5.91 Å². The molecule has 1 aromatic carbocycles. The Labute approximate surface area is 119 Å². The van der Waals surface area contributed by atoms with Crippen molar-refractivity contribution in [3.05, 3.63) is 35.1 Å². The fourth-order valence-corrected chi connectivity index (χ4v) is 1.67. The van der Waals surface area contributed by atoms with E-state index in [4.69, 9.17) is 11.6 Å². The second-order valence-electron chi connectivity index (χ2n) is 4.49. The van der Waals surface area contributed by atoms with E-state index in [1.165, 1.54) is 11.9 Å². The molecule has 0 aliphatic carbocycles. The van der Waals surface area contributed by atoms with Gasteiger partial charge in [0.2, 0.25) is 0 Å². The molecule has 1 aromatic rings. The van der Waals surface area contributed by atoms with E-state index in [0.29, 0.717) is 25.1 Å². The molecule has 112 valence electrons. The second kappa shape index (κ2) is 6.43. The molecule has 0 aromatic heterocycles. The van der Waals surface area contributed by atoms with Crippen molar-refractivity contribution in [3.63, 3.8) is 0 Å². The highest BCUT2D eigenvalue weighted by atomic mass is 35.5. The molecule has 2 nitrogen and oxygen atoms in total. The van der Waals surface area contributed by atoms with Crippen LogP contribution in [0.2, 0.25) is 0 Å². The van der Waals surface area contributed by atoms with E-state index >= 15 is 0 Å². The van der Waals surface area contributed by atoms with Crippen LogP contribution < -0.4 is 0 Å². The number of carbonyl (C=O) groups excluding carboxylic acids is 1. The highest BCUT2D eigenvalue weighted by Crippen LogP contribution is 2.32. The average molecular weight is 312 g/mol. The highest BCUT2D eigenvalue weighted by molar-refractivity contribution is 6.20. The van der Waals surface area contributed by atoms with Crippen LogP contribution in [0.3, 0.4) is 0 Å². The Balaban J connectivity index is 2.94. The van der Waals surface area contributed by atoms with Crippen molar-refractivity contribution in [1.82, 2.24) is 4.90 Å². The van der Waals surface area contributed by atoms with Crippen molar-refractivity contribution in [2.24, 2.45) is 0 Å². The summed E-state index contributed by atoms with van der Waals surface area (Å²) in [5, 5.41) is -0.149. The molecule has 1 rings (SSSR count). The van der Waals surface area contributed by atoms with Crippen molar-refractivity contribution < 1.29 is 22.4 Å². The van der Waals surface area contributed by atoms with E-state index in [1.807, 2.05) is 0 Å². The summed E-state index contributed by atoms with van der Waals surface area (Å²) in [5.74, 6) is -2.00. The number of nitrogens with zero attached hydrogens (tertiary/aromatic N) is 1. The van der Waals surface area contributed by atoms with Gasteiger partial charge in [-0.15, -0.1) is 11.6 Å². The third kappa shape index (κ3) is 4.37. The molecule has 0 radical (unpaired) electrons. The van der Waals surface area contributed by atoms with Crippen molar-refractivity contribution in [2.45, 2.75) is 24.9 Å². The zero-order valence-electron chi connectivity index (χ0n) is 11.0. The summed E-state index contributed by atoms with van der Waals surface area (Å²) in [6.45, 7) is 2.06. The molecular weight excluding hydrogens is 298 g/mol. The molecule has 1 atom stereocenters. The van der Waals surface area contributed by atoms with Crippen LogP contribution in [0.4, 0.5) is 17.6 Å². The van der Waals surface area contributed by atoms with Crippen molar-refractivity contribution in [1.29, 1.82) is 0 Å². The summed E-state index contributed by atoms with van der Waals surface area (Å²) in [6, 6.07) is 2.21. The van der Waals surface area contributed by atoms with Gasteiger partial charge in [0.15, 0.2) is 0 Å². The van der Waals surface area contributed by atoms with E-state index in [2.05, 4.69) is 0 Å². The molecule has 0 spiro atoms. The minimum atomic E-state index is -4.83. The summed E-state index contributed by atoms with van der Waals surface area (Å²) in [5.41, 5.74) is -1.65. The molecule has 1 amide bonds. The number of hydrogen-bond acceptors (Lipinski definition) is 1. The van der Waals surface area contributed by atoms with Crippen LogP contribution in [0.25, 0.3) is 0 Å². The first kappa shape index (κ1) is 16.8. The first-order valence-corrected chi connectivity index (χ1v) is 6.33. The molecule has 0 heterocycles. The van der Waals surface area contributed by atoms with Crippen LogP contribution >= 0.6 is 11.6 Å². The van der Waals surface area contributed by atoms with Gasteiger partial charge in [-0.25, -0.2) is 4.39 Å². The van der Waals surface area contributed by atoms with Crippen molar-refractivity contribution >= 4 is 17.5 Å². The van der Waals surface area contributed by atoms with Gasteiger partial charge >= 0.3 is 6.18 Å². The second-order valence-corrected chi connectivity index (χ2v) is 5.23. The van der Waals surface area contributed by atoms with Crippen molar-refractivity contribution in [3.8, 4) is 0 Å². The summed E-state index contributed by atoms with van der Waals surface area (Å²) in [7, 11) is 1.46. The third-order valence-corrected chi connectivity index (χ3v) is 2.95. The van der Waals surface area contributed by atoms with Crippen LogP contribution in [0, 0.1) is 5.82 Å². The van der Waals surface area contributed by atoms with Gasteiger partial charge in [-0.2, -0.15) is 13.2 Å². The lowest BCUT2D eigenvalue weighted by Crippen LogP contribution is -2.29. The minimum absolute atomic E-state index is 0.149. The van der Waals surface area contributed by atoms with Crippen LogP contribution in [0.1, 0.15) is 29.3 Å². The van der Waals surface area contributed by atoms with E-state index in [1.54, 1.807) is 6.92 Å². The zero-order valence-corrected chi connectivity index (χ0v) is 11.7. The van der Waals surface area contributed by atoms with Gasteiger partial charge in [0, 0.05) is 24.5 Å². The number of carbonyl (C=O) groups is 1. The average Bonchev–Trinajstić information content (AvgIpc) is 2.34. The molecule has 0 N–H and O–H groups in total.